The van der Waals surface area contributed by atoms with E-state index in [4.69, 9.17) is 4.74 Å². The van der Waals surface area contributed by atoms with Crippen molar-refractivity contribution in [1.29, 1.82) is 0 Å². The van der Waals surface area contributed by atoms with E-state index < -0.39 is 5.97 Å². The van der Waals surface area contributed by atoms with Crippen LogP contribution in [0, 0.1) is 0 Å². The third kappa shape index (κ3) is 4.37. The van der Waals surface area contributed by atoms with Gasteiger partial charge in [0.15, 0.2) is 0 Å². The lowest BCUT2D eigenvalue weighted by Crippen LogP contribution is -2.04. The number of methoxy groups -OCH3 is 1. The average molecular weight is 360 g/mol. The highest BCUT2D eigenvalue weighted by Crippen LogP contribution is 2.30. The minimum atomic E-state index is -0.903. The summed E-state index contributed by atoms with van der Waals surface area (Å²) in [6, 6.07) is 19.8. The molecule has 0 saturated carbocycles. The summed E-state index contributed by atoms with van der Waals surface area (Å²) in [5.74, 6) is -0.165. The van der Waals surface area contributed by atoms with E-state index in [1.54, 1.807) is 13.2 Å². The van der Waals surface area contributed by atoms with Crippen LogP contribution in [0.5, 0.6) is 5.75 Å². The highest BCUT2D eigenvalue weighted by molar-refractivity contribution is 5.99. The molecule has 0 aliphatic carbocycles. The second-order valence-electron chi connectivity index (χ2n) is 6.62. The molecule has 0 fully saturated rings. The summed E-state index contributed by atoms with van der Waals surface area (Å²) in [7, 11) is 1.64. The van der Waals surface area contributed by atoms with Crippen molar-refractivity contribution in [3.8, 4) is 5.75 Å². The van der Waals surface area contributed by atoms with Gasteiger partial charge in [-0.25, -0.2) is 4.79 Å². The van der Waals surface area contributed by atoms with Gasteiger partial charge in [0.25, 0.3) is 0 Å². The second kappa shape index (κ2) is 8.54. The van der Waals surface area contributed by atoms with Gasteiger partial charge in [-0.1, -0.05) is 61.9 Å². The lowest BCUT2D eigenvalue weighted by molar-refractivity contribution is -0.132. The molecule has 138 valence electrons. The van der Waals surface area contributed by atoms with Crippen molar-refractivity contribution < 1.29 is 14.6 Å². The Kier molecular flexibility index (Phi) is 5.92. The summed E-state index contributed by atoms with van der Waals surface area (Å²) in [4.78, 5) is 11.9. The van der Waals surface area contributed by atoms with Gasteiger partial charge in [-0.3, -0.25) is 0 Å². The molecule has 3 aromatic carbocycles. The standard InChI is InChI=1S/C24H24O3/c1-3-8-18-11-7-12-22-19(15-21(27-2)16-23(18)22)14-20(24(25)26)13-17-9-5-4-6-10-17/h4-7,9-12,14-16H,3,8,13H2,1-2H3,(H,25,26)/b20-14-. The van der Waals surface area contributed by atoms with Gasteiger partial charge in [-0.15, -0.1) is 0 Å². The normalized spacial score (nSPS) is 11.6. The number of aryl methyl sites for hydroxylation is 1. The minimum absolute atomic E-state index is 0.358. The fourth-order valence-electron chi connectivity index (χ4n) is 3.37. The highest BCUT2D eigenvalue weighted by atomic mass is 16.5. The Morgan fingerprint density at radius 2 is 1.81 bits per heavy atom. The van der Waals surface area contributed by atoms with Crippen LogP contribution in [0.25, 0.3) is 16.8 Å². The lowest BCUT2D eigenvalue weighted by atomic mass is 9.95. The van der Waals surface area contributed by atoms with Crippen molar-refractivity contribution in [3.63, 3.8) is 0 Å². The molecule has 0 aliphatic rings. The number of ether oxygens (including phenoxy) is 1. The molecule has 0 bridgehead atoms. The maximum absolute atomic E-state index is 11.9. The number of hydrogen-bond acceptors (Lipinski definition) is 2. The Bertz CT molecular complexity index is 972. The molecule has 3 nitrogen and oxygen atoms in total. The van der Waals surface area contributed by atoms with Crippen molar-refractivity contribution in [1.82, 2.24) is 0 Å². The number of carboxylic acids is 1. The SMILES string of the molecule is CCCc1cccc2c(/C=C(/Cc3ccccc3)C(=O)O)cc(OC)cc12. The van der Waals surface area contributed by atoms with Gasteiger partial charge in [0.2, 0.25) is 0 Å². The lowest BCUT2D eigenvalue weighted by Gasteiger charge is -2.12. The van der Waals surface area contributed by atoms with E-state index in [-0.39, 0.29) is 0 Å². The van der Waals surface area contributed by atoms with E-state index >= 15 is 0 Å². The van der Waals surface area contributed by atoms with Crippen molar-refractivity contribution >= 4 is 22.8 Å². The van der Waals surface area contributed by atoms with Gasteiger partial charge in [0, 0.05) is 12.0 Å². The van der Waals surface area contributed by atoms with E-state index in [2.05, 4.69) is 13.0 Å². The first-order chi connectivity index (χ1) is 13.1. The van der Waals surface area contributed by atoms with Gasteiger partial charge >= 0.3 is 5.97 Å². The van der Waals surface area contributed by atoms with Gasteiger partial charge < -0.3 is 9.84 Å². The Balaban J connectivity index is 2.14. The second-order valence-corrected chi connectivity index (χ2v) is 6.62. The van der Waals surface area contributed by atoms with Gasteiger partial charge in [-0.05, 0) is 52.1 Å². The molecule has 0 heterocycles. The molecule has 0 amide bonds. The molecule has 0 aromatic heterocycles. The molecule has 1 N–H and O–H groups in total. The molecule has 3 heteroatoms. The molecular weight excluding hydrogens is 336 g/mol. The Morgan fingerprint density at radius 1 is 1.04 bits per heavy atom. The number of carbonyl (C=O) groups is 1. The maximum Gasteiger partial charge on any atom is 0.331 e. The zero-order chi connectivity index (χ0) is 19.2. The predicted octanol–water partition coefficient (Wildman–Crippen LogP) is 5.51. The molecule has 3 aromatic rings. The van der Waals surface area contributed by atoms with Crippen LogP contribution in [0.1, 0.15) is 30.0 Å². The van der Waals surface area contributed by atoms with E-state index in [1.807, 2.05) is 54.6 Å². The molecule has 0 unspecified atom stereocenters. The maximum atomic E-state index is 11.9. The number of benzene rings is 3. The largest absolute Gasteiger partial charge is 0.497 e. The minimum Gasteiger partial charge on any atom is -0.497 e. The number of aliphatic carboxylic acids is 1. The van der Waals surface area contributed by atoms with Crippen molar-refractivity contribution in [2.45, 2.75) is 26.2 Å². The first kappa shape index (κ1) is 18.7. The summed E-state index contributed by atoms with van der Waals surface area (Å²) >= 11 is 0. The first-order valence-electron chi connectivity index (χ1n) is 9.19. The summed E-state index contributed by atoms with van der Waals surface area (Å²) < 4.78 is 5.48. The molecule has 0 radical (unpaired) electrons. The fraction of sp³-hybridized carbons (Fsp3) is 0.208. The zero-order valence-electron chi connectivity index (χ0n) is 15.7. The van der Waals surface area contributed by atoms with E-state index in [9.17, 15) is 9.90 Å². The highest BCUT2D eigenvalue weighted by Gasteiger charge is 2.12. The first-order valence-corrected chi connectivity index (χ1v) is 9.19. The number of carboxylic acid groups (broad SMARTS) is 1. The Morgan fingerprint density at radius 3 is 2.48 bits per heavy atom. The van der Waals surface area contributed by atoms with Crippen LogP contribution in [0.3, 0.4) is 0 Å². The van der Waals surface area contributed by atoms with Gasteiger partial charge in [0.05, 0.1) is 7.11 Å². The molecule has 0 aliphatic heterocycles. The summed E-state index contributed by atoms with van der Waals surface area (Å²) in [5, 5.41) is 11.9. The van der Waals surface area contributed by atoms with Gasteiger partial charge in [0.1, 0.15) is 5.75 Å². The van der Waals surface area contributed by atoms with Crippen LogP contribution < -0.4 is 4.74 Å². The Hall–Kier alpha value is -3.07. The van der Waals surface area contributed by atoms with Crippen molar-refractivity contribution in [2.75, 3.05) is 7.11 Å². The Labute approximate surface area is 159 Å². The molecule has 0 spiro atoms. The average Bonchev–Trinajstić information content (AvgIpc) is 2.68. The number of fused-ring (bicyclic) bond motifs is 1. The topological polar surface area (TPSA) is 46.5 Å². The summed E-state index contributed by atoms with van der Waals surface area (Å²) in [6.07, 6.45) is 4.18. The van der Waals surface area contributed by atoms with Crippen molar-refractivity contribution in [2.24, 2.45) is 0 Å². The van der Waals surface area contributed by atoms with E-state index in [0.29, 0.717) is 12.0 Å². The molecular formula is C24H24O3. The van der Waals surface area contributed by atoms with Crippen LogP contribution >= 0.6 is 0 Å². The summed E-state index contributed by atoms with van der Waals surface area (Å²) in [5.41, 5.74) is 3.46. The predicted molar refractivity (Wildman–Crippen MR) is 110 cm³/mol. The van der Waals surface area contributed by atoms with Crippen LogP contribution in [-0.2, 0) is 17.6 Å². The van der Waals surface area contributed by atoms with Crippen LogP contribution in [0.2, 0.25) is 0 Å². The molecule has 27 heavy (non-hydrogen) atoms. The number of rotatable bonds is 7. The zero-order valence-corrected chi connectivity index (χ0v) is 15.7. The van der Waals surface area contributed by atoms with Crippen LogP contribution in [0.15, 0.2) is 66.2 Å². The third-order valence-corrected chi connectivity index (χ3v) is 4.69. The quantitative estimate of drug-likeness (QED) is 0.565. The summed E-state index contributed by atoms with van der Waals surface area (Å²) in [6.45, 7) is 2.15. The van der Waals surface area contributed by atoms with E-state index in [0.717, 1.165) is 40.5 Å². The van der Waals surface area contributed by atoms with Crippen molar-refractivity contribution in [3.05, 3.63) is 82.9 Å². The molecule has 0 atom stereocenters. The smallest absolute Gasteiger partial charge is 0.331 e. The molecule has 3 rings (SSSR count). The van der Waals surface area contributed by atoms with Crippen LogP contribution in [-0.4, -0.2) is 18.2 Å². The van der Waals surface area contributed by atoms with Gasteiger partial charge in [-0.2, -0.15) is 0 Å². The van der Waals surface area contributed by atoms with Crippen LogP contribution in [0.4, 0.5) is 0 Å². The third-order valence-electron chi connectivity index (χ3n) is 4.69. The fourth-order valence-corrected chi connectivity index (χ4v) is 3.37. The monoisotopic (exact) mass is 360 g/mol. The van der Waals surface area contributed by atoms with E-state index in [1.165, 1.54) is 5.56 Å². The molecule has 0 saturated heterocycles. The number of hydrogen-bond donors (Lipinski definition) is 1.